The van der Waals surface area contributed by atoms with Gasteiger partial charge in [-0.2, -0.15) is 0 Å². The van der Waals surface area contributed by atoms with Crippen LogP contribution in [0.5, 0.6) is 0 Å². The summed E-state index contributed by atoms with van der Waals surface area (Å²) in [4.78, 5) is 21.5. The molecule has 0 aromatic carbocycles. The lowest BCUT2D eigenvalue weighted by Gasteiger charge is -2.12. The molecule has 0 aromatic heterocycles. The van der Waals surface area contributed by atoms with Crippen LogP contribution < -0.4 is 5.32 Å². The lowest BCUT2D eigenvalue weighted by molar-refractivity contribution is -0.140. The Labute approximate surface area is 108 Å². The van der Waals surface area contributed by atoms with Crippen LogP contribution >= 0.6 is 0 Å². The zero-order valence-corrected chi connectivity index (χ0v) is 11.8. The molecular weight excluding hydrogens is 282 g/mol. The molecule has 0 aromatic rings. The van der Waals surface area contributed by atoms with Crippen molar-refractivity contribution < 1.29 is 27.3 Å². The molecule has 0 radical (unpaired) electrons. The van der Waals surface area contributed by atoms with E-state index < -0.39 is 38.6 Å². The number of hydrogen-bond acceptors (Lipinski definition) is 5. The number of carbonyl (C=O) groups is 2. The highest BCUT2D eigenvalue weighted by Crippen LogP contribution is 1.96. The van der Waals surface area contributed by atoms with Crippen molar-refractivity contribution in [2.45, 2.75) is 19.9 Å². The first kappa shape index (κ1) is 17.0. The lowest BCUT2D eigenvalue weighted by Crippen LogP contribution is -2.43. The van der Waals surface area contributed by atoms with E-state index in [1.807, 2.05) is 0 Å². The van der Waals surface area contributed by atoms with Crippen molar-refractivity contribution in [2.75, 3.05) is 23.0 Å². The Balaban J connectivity index is 4.36. The van der Waals surface area contributed by atoms with Crippen LogP contribution in [-0.4, -0.2) is 58.7 Å². The molecule has 9 heteroatoms. The van der Waals surface area contributed by atoms with Gasteiger partial charge in [0.15, 0.2) is 9.84 Å². The smallest absolute Gasteiger partial charge is 0.327 e. The van der Waals surface area contributed by atoms with Gasteiger partial charge in [-0.15, -0.1) is 0 Å². The maximum Gasteiger partial charge on any atom is 0.327 e. The fourth-order valence-electron chi connectivity index (χ4n) is 1.05. The highest BCUT2D eigenvalue weighted by molar-refractivity contribution is 7.93. The summed E-state index contributed by atoms with van der Waals surface area (Å²) in [6, 6.07) is -1.26. The number of rotatable bonds is 8. The van der Waals surface area contributed by atoms with Crippen molar-refractivity contribution >= 4 is 32.5 Å². The molecule has 0 heterocycles. The third-order valence-corrected chi connectivity index (χ3v) is 5.42. The summed E-state index contributed by atoms with van der Waals surface area (Å²) < 4.78 is 33.9. The number of amides is 1. The summed E-state index contributed by atoms with van der Waals surface area (Å²) in [7, 11) is -4.83. The zero-order chi connectivity index (χ0) is 14.3. The van der Waals surface area contributed by atoms with Crippen LogP contribution in [0.3, 0.4) is 0 Å². The van der Waals surface area contributed by atoms with Crippen LogP contribution in [0.25, 0.3) is 0 Å². The first-order valence-electron chi connectivity index (χ1n) is 5.23. The van der Waals surface area contributed by atoms with E-state index in [-0.39, 0.29) is 23.0 Å². The Bertz CT molecular complexity index is 430. The summed E-state index contributed by atoms with van der Waals surface area (Å²) in [5.74, 6) is -2.55. The van der Waals surface area contributed by atoms with E-state index in [9.17, 15) is 22.2 Å². The van der Waals surface area contributed by atoms with Crippen LogP contribution in [-0.2, 0) is 30.2 Å². The second kappa shape index (κ2) is 7.47. The molecule has 2 unspecified atom stereocenters. The fourth-order valence-corrected chi connectivity index (χ4v) is 3.87. The molecule has 0 aliphatic carbocycles. The van der Waals surface area contributed by atoms with Gasteiger partial charge in [-0.3, -0.25) is 9.00 Å². The van der Waals surface area contributed by atoms with Gasteiger partial charge in [0.25, 0.3) is 0 Å². The number of carboxylic acid groups (broad SMARTS) is 1. The molecule has 2 atom stereocenters. The first-order chi connectivity index (χ1) is 8.18. The Morgan fingerprint density at radius 1 is 1.39 bits per heavy atom. The van der Waals surface area contributed by atoms with E-state index in [2.05, 4.69) is 5.32 Å². The zero-order valence-electron chi connectivity index (χ0n) is 10.2. The molecule has 0 fully saturated rings. The van der Waals surface area contributed by atoms with Gasteiger partial charge < -0.3 is 10.4 Å². The summed E-state index contributed by atoms with van der Waals surface area (Å²) in [6.07, 6.45) is 0. The Kier molecular flexibility index (Phi) is 7.07. The third kappa shape index (κ3) is 7.38. The average Bonchev–Trinajstić information content (AvgIpc) is 2.25. The molecule has 2 N–H and O–H groups in total. The second-order valence-corrected chi connectivity index (χ2v) is 7.73. The monoisotopic (exact) mass is 299 g/mol. The number of carboxylic acids is 1. The normalized spacial score (nSPS) is 14.8. The number of carbonyl (C=O) groups excluding carboxylic acids is 1. The van der Waals surface area contributed by atoms with Crippen LogP contribution in [0.2, 0.25) is 0 Å². The van der Waals surface area contributed by atoms with E-state index in [1.54, 1.807) is 0 Å². The quantitative estimate of drug-likeness (QED) is 0.579. The Morgan fingerprint density at radius 3 is 2.33 bits per heavy atom. The van der Waals surface area contributed by atoms with Crippen LogP contribution in [0, 0.1) is 0 Å². The van der Waals surface area contributed by atoms with Gasteiger partial charge in [0, 0.05) is 29.2 Å². The molecule has 0 bridgehead atoms. The molecule has 0 aliphatic heterocycles. The van der Waals surface area contributed by atoms with Crippen molar-refractivity contribution in [3.05, 3.63) is 0 Å². The Morgan fingerprint density at radius 2 is 1.94 bits per heavy atom. The predicted molar refractivity (Wildman–Crippen MR) is 67.4 cm³/mol. The predicted octanol–water partition coefficient (Wildman–Crippen LogP) is -1.24. The molecular formula is C9H17NO6S2. The van der Waals surface area contributed by atoms with Crippen molar-refractivity contribution in [3.8, 4) is 0 Å². The topological polar surface area (TPSA) is 118 Å². The molecule has 18 heavy (non-hydrogen) atoms. The molecule has 1 amide bonds. The maximum absolute atomic E-state index is 11.5. The SMILES string of the molecule is CCS(=O)(=O)CCS(=O)CC(NC(C)=O)C(=O)O. The largest absolute Gasteiger partial charge is 0.480 e. The molecule has 0 aliphatic rings. The number of hydrogen-bond donors (Lipinski definition) is 2. The van der Waals surface area contributed by atoms with Gasteiger partial charge in [0.05, 0.1) is 11.5 Å². The van der Waals surface area contributed by atoms with Crippen molar-refractivity contribution in [1.29, 1.82) is 0 Å². The molecule has 106 valence electrons. The summed E-state index contributed by atoms with van der Waals surface area (Å²) in [5, 5.41) is 10.9. The fraction of sp³-hybridized carbons (Fsp3) is 0.778. The number of nitrogens with one attached hydrogen (secondary N) is 1. The summed E-state index contributed by atoms with van der Waals surface area (Å²) in [6.45, 7) is 2.63. The minimum atomic E-state index is -3.22. The van der Waals surface area contributed by atoms with E-state index in [4.69, 9.17) is 5.11 Å². The van der Waals surface area contributed by atoms with E-state index >= 15 is 0 Å². The highest BCUT2D eigenvalue weighted by Gasteiger charge is 2.22. The van der Waals surface area contributed by atoms with Crippen molar-refractivity contribution in [1.82, 2.24) is 5.32 Å². The maximum atomic E-state index is 11.5. The van der Waals surface area contributed by atoms with Crippen LogP contribution in [0.4, 0.5) is 0 Å². The first-order valence-corrected chi connectivity index (χ1v) is 8.54. The Hall–Kier alpha value is -0.960. The van der Waals surface area contributed by atoms with Gasteiger partial charge in [-0.25, -0.2) is 13.2 Å². The molecule has 7 nitrogen and oxygen atoms in total. The second-order valence-electron chi connectivity index (χ2n) is 3.64. The molecule has 0 saturated carbocycles. The lowest BCUT2D eigenvalue weighted by atomic mass is 10.3. The summed E-state index contributed by atoms with van der Waals surface area (Å²) >= 11 is 0. The van der Waals surface area contributed by atoms with Gasteiger partial charge in [-0.05, 0) is 0 Å². The van der Waals surface area contributed by atoms with Gasteiger partial charge in [-0.1, -0.05) is 6.92 Å². The number of aliphatic carboxylic acids is 1. The van der Waals surface area contributed by atoms with Crippen molar-refractivity contribution in [2.24, 2.45) is 0 Å². The van der Waals surface area contributed by atoms with E-state index in [1.165, 1.54) is 6.92 Å². The minimum Gasteiger partial charge on any atom is -0.480 e. The minimum absolute atomic E-state index is 0.0434. The van der Waals surface area contributed by atoms with Crippen LogP contribution in [0.15, 0.2) is 0 Å². The molecule has 0 saturated heterocycles. The standard InChI is InChI=1S/C9H17NO6S2/c1-3-18(15,16)5-4-17(14)6-8(9(12)13)10-7(2)11/h8H,3-6H2,1-2H3,(H,10,11)(H,12,13). The van der Waals surface area contributed by atoms with E-state index in [0.29, 0.717) is 0 Å². The highest BCUT2D eigenvalue weighted by atomic mass is 32.2. The van der Waals surface area contributed by atoms with Gasteiger partial charge >= 0.3 is 5.97 Å². The van der Waals surface area contributed by atoms with Gasteiger partial charge in [0.2, 0.25) is 5.91 Å². The average molecular weight is 299 g/mol. The van der Waals surface area contributed by atoms with Crippen LogP contribution in [0.1, 0.15) is 13.8 Å². The third-order valence-electron chi connectivity index (χ3n) is 2.09. The van der Waals surface area contributed by atoms with Crippen molar-refractivity contribution in [3.63, 3.8) is 0 Å². The number of sulfone groups is 1. The molecule has 0 spiro atoms. The van der Waals surface area contributed by atoms with E-state index in [0.717, 1.165) is 6.92 Å². The molecule has 0 rings (SSSR count). The van der Waals surface area contributed by atoms with Gasteiger partial charge in [0.1, 0.15) is 6.04 Å². The summed E-state index contributed by atoms with van der Waals surface area (Å²) in [5.41, 5.74) is 0.